The lowest BCUT2D eigenvalue weighted by molar-refractivity contribution is -0.143. The maximum atomic E-state index is 13.6. The summed E-state index contributed by atoms with van der Waals surface area (Å²) in [7, 11) is 1.60. The van der Waals surface area contributed by atoms with Gasteiger partial charge in [0.05, 0.1) is 11.1 Å². The zero-order valence-electron chi connectivity index (χ0n) is 24.3. The van der Waals surface area contributed by atoms with Gasteiger partial charge in [-0.15, -0.1) is 5.10 Å². The van der Waals surface area contributed by atoms with Crippen molar-refractivity contribution in [3.8, 4) is 0 Å². The zero-order chi connectivity index (χ0) is 31.5. The van der Waals surface area contributed by atoms with Gasteiger partial charge >= 0.3 is 18.3 Å². The highest BCUT2D eigenvalue weighted by molar-refractivity contribution is 5.79. The minimum absolute atomic E-state index is 0.0270. The molecule has 1 N–H and O–H groups in total. The fourth-order valence-corrected chi connectivity index (χ4v) is 5.67. The molecule has 7 nitrogen and oxygen atoms in total. The molecule has 1 atom stereocenters. The van der Waals surface area contributed by atoms with Crippen LogP contribution in [0, 0.1) is 0 Å². The van der Waals surface area contributed by atoms with Gasteiger partial charge in [-0.1, -0.05) is 19.4 Å². The summed E-state index contributed by atoms with van der Waals surface area (Å²) in [6.45, 7) is 3.81. The third-order valence-electron chi connectivity index (χ3n) is 7.67. The van der Waals surface area contributed by atoms with Gasteiger partial charge in [0.15, 0.2) is 0 Å². The number of aromatic nitrogens is 3. The van der Waals surface area contributed by atoms with E-state index in [4.69, 9.17) is 0 Å². The highest BCUT2D eigenvalue weighted by atomic mass is 19.4. The monoisotopic (exact) mass is 611 g/mol. The largest absolute Gasteiger partial charge is 0.480 e. The average molecular weight is 612 g/mol. The van der Waals surface area contributed by atoms with Gasteiger partial charge in [0, 0.05) is 32.4 Å². The van der Waals surface area contributed by atoms with Gasteiger partial charge in [0.25, 0.3) is 0 Å². The van der Waals surface area contributed by atoms with Gasteiger partial charge in [-0.2, -0.15) is 26.3 Å². The maximum absolute atomic E-state index is 13.6. The summed E-state index contributed by atoms with van der Waals surface area (Å²) in [6.07, 6.45) is -3.92. The van der Waals surface area contributed by atoms with Crippen LogP contribution in [0.15, 0.2) is 36.7 Å². The van der Waals surface area contributed by atoms with Crippen LogP contribution in [0.25, 0.3) is 0 Å². The van der Waals surface area contributed by atoms with E-state index in [2.05, 4.69) is 10.1 Å². The second-order valence-electron chi connectivity index (χ2n) is 10.9. The Bertz CT molecular complexity index is 1400. The molecule has 0 saturated carbocycles. The van der Waals surface area contributed by atoms with Crippen LogP contribution in [0.4, 0.5) is 38.0 Å². The molecular weight excluding hydrogens is 576 g/mol. The number of aliphatic carboxylic acids is 1. The molecule has 0 unspecified atom stereocenters. The first kappa shape index (κ1) is 32.2. The summed E-state index contributed by atoms with van der Waals surface area (Å²) in [5.74, 6) is -0.859. The number of hydrogen-bond donors (Lipinski definition) is 1. The van der Waals surface area contributed by atoms with Crippen molar-refractivity contribution in [2.75, 3.05) is 16.3 Å². The van der Waals surface area contributed by atoms with Crippen molar-refractivity contribution < 1.29 is 36.2 Å². The third kappa shape index (κ3) is 7.61. The molecule has 0 saturated heterocycles. The Morgan fingerprint density at radius 2 is 1.56 bits per heavy atom. The van der Waals surface area contributed by atoms with Crippen molar-refractivity contribution >= 4 is 17.6 Å². The van der Waals surface area contributed by atoms with Crippen molar-refractivity contribution in [3.63, 3.8) is 0 Å². The number of anilines is 2. The van der Waals surface area contributed by atoms with Crippen LogP contribution < -0.4 is 9.80 Å². The Kier molecular flexibility index (Phi) is 9.60. The number of alkyl halides is 6. The Balaban J connectivity index is 1.84. The lowest BCUT2D eigenvalue weighted by Crippen LogP contribution is -2.42. The van der Waals surface area contributed by atoms with E-state index >= 15 is 0 Å². The molecule has 0 amide bonds. The normalized spacial score (nSPS) is 14.3. The quantitative estimate of drug-likeness (QED) is 0.235. The lowest BCUT2D eigenvalue weighted by atomic mass is 9.88. The van der Waals surface area contributed by atoms with E-state index in [-0.39, 0.29) is 30.7 Å². The van der Waals surface area contributed by atoms with Crippen LogP contribution in [0.5, 0.6) is 0 Å². The van der Waals surface area contributed by atoms with Gasteiger partial charge in [-0.05, 0) is 85.5 Å². The van der Waals surface area contributed by atoms with Crippen LogP contribution in [0.2, 0.25) is 0 Å². The Morgan fingerprint density at radius 3 is 2.05 bits per heavy atom. The molecule has 4 rings (SSSR count). The number of halogens is 6. The van der Waals surface area contributed by atoms with Crippen LogP contribution in [0.3, 0.4) is 0 Å². The summed E-state index contributed by atoms with van der Waals surface area (Å²) >= 11 is 0. The van der Waals surface area contributed by atoms with Crippen molar-refractivity contribution in [2.45, 2.75) is 83.9 Å². The van der Waals surface area contributed by atoms with Crippen molar-refractivity contribution in [3.05, 3.63) is 70.0 Å². The fraction of sp³-hybridized carbons (Fsp3) is 0.500. The molecule has 1 aliphatic carbocycles. The van der Waals surface area contributed by atoms with Gasteiger partial charge in [-0.25, -0.2) is 9.78 Å². The lowest BCUT2D eigenvalue weighted by Gasteiger charge is -2.34. The first-order valence-electron chi connectivity index (χ1n) is 14.2. The summed E-state index contributed by atoms with van der Waals surface area (Å²) in [5, 5.41) is 14.4. The number of nitrogens with zero attached hydrogens (tertiary/aromatic N) is 5. The first-order chi connectivity index (χ1) is 20.2. The molecule has 13 heteroatoms. The Hall–Kier alpha value is -3.77. The average Bonchev–Trinajstić information content (AvgIpc) is 3.37. The maximum Gasteiger partial charge on any atom is 0.416 e. The fourth-order valence-electron chi connectivity index (χ4n) is 5.67. The molecule has 0 radical (unpaired) electrons. The molecule has 234 valence electrons. The molecule has 0 spiro atoms. The minimum atomic E-state index is -4.98. The summed E-state index contributed by atoms with van der Waals surface area (Å²) in [6, 6.07) is 4.69. The Labute approximate surface area is 246 Å². The number of likely N-dealkylation sites (N-methyl/N-ethyl adjacent to an activating group) is 1. The highest BCUT2D eigenvalue weighted by Gasteiger charge is 2.37. The molecule has 1 heterocycles. The molecule has 0 bridgehead atoms. The van der Waals surface area contributed by atoms with Crippen molar-refractivity contribution in [2.24, 2.45) is 7.05 Å². The number of carboxylic acid groups (broad SMARTS) is 1. The molecule has 2 aromatic carbocycles. The molecule has 3 aromatic rings. The minimum Gasteiger partial charge on any atom is -0.480 e. The number of carboxylic acids is 1. The van der Waals surface area contributed by atoms with Crippen LogP contribution in [-0.4, -0.2) is 38.4 Å². The molecule has 0 aliphatic heterocycles. The van der Waals surface area contributed by atoms with Crippen molar-refractivity contribution in [1.29, 1.82) is 0 Å². The van der Waals surface area contributed by atoms with E-state index in [9.17, 15) is 36.2 Å². The van der Waals surface area contributed by atoms with Crippen LogP contribution in [0.1, 0.15) is 72.9 Å². The summed E-state index contributed by atoms with van der Waals surface area (Å²) in [4.78, 5) is 19.9. The van der Waals surface area contributed by atoms with E-state index in [0.29, 0.717) is 42.8 Å². The first-order valence-corrected chi connectivity index (χ1v) is 14.2. The van der Waals surface area contributed by atoms with E-state index in [1.807, 2.05) is 30.9 Å². The smallest absolute Gasteiger partial charge is 0.416 e. The predicted octanol–water partition coefficient (Wildman–Crippen LogP) is 7.02. The molecular formula is C30H35F6N5O2. The van der Waals surface area contributed by atoms with E-state index in [1.54, 1.807) is 7.05 Å². The number of rotatable bonds is 11. The Morgan fingerprint density at radius 1 is 0.953 bits per heavy atom. The van der Waals surface area contributed by atoms with Gasteiger partial charge < -0.3 is 14.9 Å². The van der Waals surface area contributed by atoms with Gasteiger partial charge in [-0.3, -0.25) is 4.68 Å². The zero-order valence-corrected chi connectivity index (χ0v) is 24.3. The molecule has 43 heavy (non-hydrogen) atoms. The van der Waals surface area contributed by atoms with E-state index in [0.717, 1.165) is 36.8 Å². The number of carbonyl (C=O) groups is 1. The predicted molar refractivity (Wildman–Crippen MR) is 150 cm³/mol. The summed E-state index contributed by atoms with van der Waals surface area (Å²) < 4.78 is 83.2. The van der Waals surface area contributed by atoms with E-state index < -0.39 is 35.5 Å². The van der Waals surface area contributed by atoms with Gasteiger partial charge in [0.1, 0.15) is 12.4 Å². The van der Waals surface area contributed by atoms with Crippen LogP contribution in [-0.2, 0) is 50.1 Å². The highest BCUT2D eigenvalue weighted by Crippen LogP contribution is 2.38. The SMILES string of the molecule is CCC[C@@H](C(=O)O)N(CC)c1cc2c(cc1CN(Cc1cc(C(F)(F)F)cc(C(F)(F)F)c1)c1ncn(C)n1)CCCC2. The second-order valence-corrected chi connectivity index (χ2v) is 10.9. The molecule has 0 fully saturated rings. The number of hydrogen-bond acceptors (Lipinski definition) is 5. The molecule has 1 aliphatic rings. The standard InChI is InChI=1S/C30H35F6N5O2/c1-4-8-25(27(42)43)41(5-2)26-14-21-10-7-6-9-20(21)13-22(26)17-40(28-37-18-39(3)38-28)16-19-11-23(29(31,32)33)15-24(12-19)30(34,35)36/h11-15,18,25H,4-10,16-17H2,1-3H3,(H,42,43)/t25-/m0/s1. The van der Waals surface area contributed by atoms with Crippen LogP contribution >= 0.6 is 0 Å². The number of fused-ring (bicyclic) bond motifs is 1. The topological polar surface area (TPSA) is 74.5 Å². The van der Waals surface area contributed by atoms with Crippen molar-refractivity contribution in [1.82, 2.24) is 14.8 Å². The molecule has 1 aromatic heterocycles. The number of aryl methyl sites for hydroxylation is 3. The summed E-state index contributed by atoms with van der Waals surface area (Å²) in [5.41, 5.74) is 0.555. The number of benzene rings is 2. The third-order valence-corrected chi connectivity index (χ3v) is 7.67. The van der Waals surface area contributed by atoms with E-state index in [1.165, 1.54) is 15.9 Å². The van der Waals surface area contributed by atoms with Gasteiger partial charge in [0.2, 0.25) is 5.95 Å². The second kappa shape index (κ2) is 12.8.